The molecule has 0 saturated heterocycles. The average molecular weight is 392 g/mol. The van der Waals surface area contributed by atoms with E-state index in [9.17, 15) is 13.2 Å². The molecule has 0 spiro atoms. The van der Waals surface area contributed by atoms with Crippen molar-refractivity contribution >= 4 is 21.8 Å². The molecule has 0 aromatic heterocycles. The van der Waals surface area contributed by atoms with Crippen LogP contribution in [0, 0.1) is 11.8 Å². The van der Waals surface area contributed by atoms with Crippen LogP contribution in [-0.2, 0) is 14.8 Å². The van der Waals surface area contributed by atoms with Gasteiger partial charge in [0, 0.05) is 12.1 Å². The Morgan fingerprint density at radius 3 is 2.67 bits per heavy atom. The van der Waals surface area contributed by atoms with Gasteiger partial charge >= 0.3 is 0 Å². The van der Waals surface area contributed by atoms with Gasteiger partial charge in [-0.2, -0.15) is 0 Å². The monoisotopic (exact) mass is 391 g/mol. The molecule has 2 aliphatic rings. The summed E-state index contributed by atoms with van der Waals surface area (Å²) >= 11 is 0. The predicted molar refractivity (Wildman–Crippen MR) is 106 cm³/mol. The molecule has 1 heterocycles. The largest absolute Gasteiger partial charge is 0.354 e. The molecule has 1 fully saturated rings. The summed E-state index contributed by atoms with van der Waals surface area (Å²) in [5.41, 5.74) is 0.525. The Labute approximate surface area is 161 Å². The van der Waals surface area contributed by atoms with Crippen LogP contribution in [0.3, 0.4) is 0 Å². The van der Waals surface area contributed by atoms with Crippen molar-refractivity contribution in [3.05, 3.63) is 29.8 Å². The highest BCUT2D eigenvalue weighted by molar-refractivity contribution is 7.90. The van der Waals surface area contributed by atoms with Gasteiger partial charge in [-0.05, 0) is 36.8 Å². The van der Waals surface area contributed by atoms with Gasteiger partial charge in [0.1, 0.15) is 11.9 Å². The van der Waals surface area contributed by atoms with Gasteiger partial charge < -0.3 is 5.32 Å². The minimum Gasteiger partial charge on any atom is -0.354 e. The van der Waals surface area contributed by atoms with Gasteiger partial charge in [-0.15, -0.1) is 0 Å². The van der Waals surface area contributed by atoms with Crippen molar-refractivity contribution in [3.8, 4) is 0 Å². The lowest BCUT2D eigenvalue weighted by molar-refractivity contribution is -0.123. The lowest BCUT2D eigenvalue weighted by atomic mass is 10.0. The second kappa shape index (κ2) is 8.42. The van der Waals surface area contributed by atoms with E-state index in [1.165, 1.54) is 25.7 Å². The fourth-order valence-corrected chi connectivity index (χ4v) is 5.12. The Morgan fingerprint density at radius 2 is 1.96 bits per heavy atom. The standard InChI is InChI=1S/C20H29N3O3S/c1-14(2)18(20(24)21-13-7-10-15-8-3-4-9-15)22-19-16-11-5-6-12-17(16)27(25,26)23-19/h5-6,11-12,14-15,18H,3-4,7-10,13H2,1-2H3,(H,21,24)(H,22,23)/t18-/m0/s1. The van der Waals surface area contributed by atoms with Crippen LogP contribution in [0.5, 0.6) is 0 Å². The number of carbonyl (C=O) groups is 1. The first-order chi connectivity index (χ1) is 12.9. The highest BCUT2D eigenvalue weighted by Gasteiger charge is 2.32. The first-order valence-electron chi connectivity index (χ1n) is 9.86. The van der Waals surface area contributed by atoms with Gasteiger partial charge in [0.05, 0.1) is 4.90 Å². The normalized spacial score (nSPS) is 21.2. The number of nitrogens with one attached hydrogen (secondary N) is 2. The Balaban J connectivity index is 1.65. The molecule has 3 rings (SSSR count). The molecule has 1 amide bonds. The zero-order chi connectivity index (χ0) is 19.4. The third-order valence-corrected chi connectivity index (χ3v) is 6.79. The summed E-state index contributed by atoms with van der Waals surface area (Å²) in [4.78, 5) is 17.3. The molecule has 7 heteroatoms. The molecule has 148 valence electrons. The molecular weight excluding hydrogens is 362 g/mol. The number of nitrogens with zero attached hydrogens (tertiary/aromatic N) is 1. The van der Waals surface area contributed by atoms with E-state index < -0.39 is 16.1 Å². The number of fused-ring (bicyclic) bond motifs is 1. The highest BCUT2D eigenvalue weighted by Crippen LogP contribution is 2.28. The van der Waals surface area contributed by atoms with Crippen molar-refractivity contribution in [2.75, 3.05) is 6.54 Å². The van der Waals surface area contributed by atoms with Crippen LogP contribution in [0.15, 0.2) is 34.2 Å². The van der Waals surface area contributed by atoms with Crippen LogP contribution in [0.25, 0.3) is 0 Å². The second-order valence-corrected chi connectivity index (χ2v) is 9.50. The molecule has 0 unspecified atom stereocenters. The minimum absolute atomic E-state index is 0.0374. The predicted octanol–water partition coefficient (Wildman–Crippen LogP) is 2.84. The van der Waals surface area contributed by atoms with Gasteiger partial charge in [-0.1, -0.05) is 51.7 Å². The van der Waals surface area contributed by atoms with Crippen LogP contribution < -0.4 is 10.0 Å². The lowest BCUT2D eigenvalue weighted by Crippen LogP contribution is -2.39. The summed E-state index contributed by atoms with van der Waals surface area (Å²) in [5, 5.41) is 2.98. The number of rotatable bonds is 7. The molecule has 0 radical (unpaired) electrons. The average Bonchev–Trinajstić information content (AvgIpc) is 3.23. The van der Waals surface area contributed by atoms with E-state index in [1.54, 1.807) is 24.3 Å². The molecule has 1 atom stereocenters. The number of amides is 1. The van der Waals surface area contributed by atoms with E-state index in [4.69, 9.17) is 0 Å². The number of carbonyl (C=O) groups excluding carboxylic acids is 1. The van der Waals surface area contributed by atoms with Gasteiger partial charge in [0.25, 0.3) is 10.0 Å². The van der Waals surface area contributed by atoms with Crippen LogP contribution in [0.2, 0.25) is 0 Å². The van der Waals surface area contributed by atoms with Crippen LogP contribution in [0.1, 0.15) is 57.9 Å². The van der Waals surface area contributed by atoms with E-state index in [0.717, 1.165) is 18.8 Å². The van der Waals surface area contributed by atoms with Gasteiger partial charge in [0.15, 0.2) is 0 Å². The molecule has 1 aromatic carbocycles. The Morgan fingerprint density at radius 1 is 1.26 bits per heavy atom. The summed E-state index contributed by atoms with van der Waals surface area (Å²) in [6, 6.07) is 6.08. The van der Waals surface area contributed by atoms with Crippen molar-refractivity contribution in [2.45, 2.75) is 63.3 Å². The maximum atomic E-state index is 12.6. The summed E-state index contributed by atoms with van der Waals surface area (Å²) in [6.07, 6.45) is 7.44. The topological polar surface area (TPSA) is 87.6 Å². The van der Waals surface area contributed by atoms with Crippen LogP contribution >= 0.6 is 0 Å². The van der Waals surface area contributed by atoms with Crippen LogP contribution in [0.4, 0.5) is 0 Å². The second-order valence-electron chi connectivity index (χ2n) is 7.85. The number of amidine groups is 1. The van der Waals surface area contributed by atoms with E-state index in [-0.39, 0.29) is 22.6 Å². The molecule has 1 aliphatic heterocycles. The molecule has 1 saturated carbocycles. The number of aliphatic imine (C=N–C) groups is 1. The summed E-state index contributed by atoms with van der Waals surface area (Å²) in [7, 11) is -3.59. The Kier molecular flexibility index (Phi) is 6.19. The maximum absolute atomic E-state index is 12.6. The summed E-state index contributed by atoms with van der Waals surface area (Å²) in [5.74, 6) is 0.884. The highest BCUT2D eigenvalue weighted by atomic mass is 32.2. The number of sulfonamides is 1. The van der Waals surface area contributed by atoms with E-state index >= 15 is 0 Å². The van der Waals surface area contributed by atoms with Crippen molar-refractivity contribution in [3.63, 3.8) is 0 Å². The van der Waals surface area contributed by atoms with Gasteiger partial charge in [0.2, 0.25) is 5.91 Å². The third kappa shape index (κ3) is 4.69. The summed E-state index contributed by atoms with van der Waals surface area (Å²) in [6.45, 7) is 4.48. The molecule has 27 heavy (non-hydrogen) atoms. The van der Waals surface area contributed by atoms with Crippen molar-refractivity contribution < 1.29 is 13.2 Å². The maximum Gasteiger partial charge on any atom is 0.263 e. The molecular formula is C20H29N3O3S. The van der Waals surface area contributed by atoms with Crippen LogP contribution in [-0.4, -0.2) is 32.7 Å². The van der Waals surface area contributed by atoms with Crippen molar-refractivity contribution in [1.82, 2.24) is 10.0 Å². The van der Waals surface area contributed by atoms with Crippen molar-refractivity contribution in [1.29, 1.82) is 0 Å². The Hall–Kier alpha value is -1.89. The van der Waals surface area contributed by atoms with Gasteiger partial charge in [-0.3, -0.25) is 14.5 Å². The zero-order valence-corrected chi connectivity index (χ0v) is 16.9. The minimum atomic E-state index is -3.59. The molecule has 2 N–H and O–H groups in total. The lowest BCUT2D eigenvalue weighted by Gasteiger charge is -2.17. The van der Waals surface area contributed by atoms with E-state index in [1.807, 2.05) is 13.8 Å². The first-order valence-corrected chi connectivity index (χ1v) is 11.3. The van der Waals surface area contributed by atoms with E-state index in [0.29, 0.717) is 12.1 Å². The summed E-state index contributed by atoms with van der Waals surface area (Å²) < 4.78 is 26.9. The molecule has 1 aliphatic carbocycles. The fraction of sp³-hybridized carbons (Fsp3) is 0.600. The third-order valence-electron chi connectivity index (χ3n) is 5.39. The van der Waals surface area contributed by atoms with Crippen molar-refractivity contribution in [2.24, 2.45) is 16.8 Å². The smallest absolute Gasteiger partial charge is 0.263 e. The molecule has 6 nitrogen and oxygen atoms in total. The number of benzene rings is 1. The SMILES string of the molecule is CC(C)[C@H](N=C1NS(=O)(=O)c2ccccc21)C(=O)NCCCC1CCCC1. The quantitative estimate of drug-likeness (QED) is 0.701. The Bertz CT molecular complexity index is 812. The van der Waals surface area contributed by atoms with Gasteiger partial charge in [-0.25, -0.2) is 8.42 Å². The fourth-order valence-electron chi connectivity index (χ4n) is 3.89. The zero-order valence-electron chi connectivity index (χ0n) is 16.1. The molecule has 1 aromatic rings. The first kappa shape index (κ1) is 19.9. The number of hydrogen-bond acceptors (Lipinski definition) is 4. The van der Waals surface area contributed by atoms with E-state index in [2.05, 4.69) is 15.0 Å². The number of hydrogen-bond donors (Lipinski definition) is 2. The molecule has 0 bridgehead atoms.